The number of hydrogen-bond donors (Lipinski definition) is 5. The van der Waals surface area contributed by atoms with E-state index in [4.69, 9.17) is 9.84 Å². The minimum Gasteiger partial charge on any atom is -0.391 e. The van der Waals surface area contributed by atoms with Gasteiger partial charge in [-0.25, -0.2) is 0 Å². The second-order valence-electron chi connectivity index (χ2n) is 4.27. The average molecular weight is 236 g/mol. The first kappa shape index (κ1) is 13.8. The summed E-state index contributed by atoms with van der Waals surface area (Å²) in [4.78, 5) is 0. The maximum Gasteiger partial charge on any atom is 0.155 e. The Morgan fingerprint density at radius 3 is 2.19 bits per heavy atom. The second kappa shape index (κ2) is 5.90. The monoisotopic (exact) mass is 236 g/mol. The van der Waals surface area contributed by atoms with E-state index >= 15 is 0 Å². The van der Waals surface area contributed by atoms with Gasteiger partial charge in [-0.3, -0.25) is 0 Å². The van der Waals surface area contributed by atoms with Crippen LogP contribution in [0.3, 0.4) is 0 Å². The summed E-state index contributed by atoms with van der Waals surface area (Å²) >= 11 is 0. The number of aliphatic hydroxyl groups excluding tert-OH is 5. The molecule has 0 aromatic carbocycles. The highest BCUT2D eigenvalue weighted by Gasteiger charge is 2.36. The Hall–Kier alpha value is -0.240. The lowest BCUT2D eigenvalue weighted by molar-refractivity contribution is -0.214. The van der Waals surface area contributed by atoms with Gasteiger partial charge in [0.25, 0.3) is 0 Å². The fourth-order valence-electron chi connectivity index (χ4n) is 1.79. The van der Waals surface area contributed by atoms with Crippen molar-refractivity contribution < 1.29 is 30.3 Å². The van der Waals surface area contributed by atoms with Crippen LogP contribution in [0, 0.1) is 0 Å². The van der Waals surface area contributed by atoms with E-state index in [2.05, 4.69) is 0 Å². The predicted octanol–water partition coefficient (Wildman–Crippen LogP) is -1.66. The van der Waals surface area contributed by atoms with Crippen molar-refractivity contribution >= 4 is 0 Å². The molecule has 5 N–H and O–H groups in total. The number of rotatable bonds is 4. The summed E-state index contributed by atoms with van der Waals surface area (Å²) in [6.07, 6.45) is -5.36. The van der Waals surface area contributed by atoms with Crippen LogP contribution in [0.1, 0.15) is 26.2 Å². The molecule has 0 amide bonds. The third-order valence-electron chi connectivity index (χ3n) is 2.85. The molecule has 0 radical (unpaired) electrons. The third kappa shape index (κ3) is 3.38. The van der Waals surface area contributed by atoms with E-state index in [1.54, 1.807) is 0 Å². The Kier molecular flexibility index (Phi) is 5.10. The van der Waals surface area contributed by atoms with Gasteiger partial charge in [0.15, 0.2) is 6.29 Å². The van der Waals surface area contributed by atoms with E-state index < -0.39 is 36.8 Å². The van der Waals surface area contributed by atoms with Gasteiger partial charge in [0.1, 0.15) is 18.3 Å². The summed E-state index contributed by atoms with van der Waals surface area (Å²) in [5.41, 5.74) is 0. The quantitative estimate of drug-likeness (QED) is 0.399. The smallest absolute Gasteiger partial charge is 0.155 e. The van der Waals surface area contributed by atoms with Crippen molar-refractivity contribution in [3.63, 3.8) is 0 Å². The zero-order valence-corrected chi connectivity index (χ0v) is 9.23. The topological polar surface area (TPSA) is 110 Å². The highest BCUT2D eigenvalue weighted by Crippen LogP contribution is 2.22. The molecule has 1 aliphatic heterocycles. The van der Waals surface area contributed by atoms with Crippen LogP contribution in [0.2, 0.25) is 0 Å². The molecule has 0 spiro atoms. The number of aliphatic hydroxyl groups is 5. The Morgan fingerprint density at radius 2 is 1.69 bits per heavy atom. The largest absolute Gasteiger partial charge is 0.391 e. The van der Waals surface area contributed by atoms with Crippen molar-refractivity contribution in [1.29, 1.82) is 0 Å². The average Bonchev–Trinajstić information content (AvgIpc) is 2.26. The number of hydrogen-bond acceptors (Lipinski definition) is 6. The van der Waals surface area contributed by atoms with Crippen LogP contribution in [0.4, 0.5) is 0 Å². The molecule has 6 nitrogen and oxygen atoms in total. The van der Waals surface area contributed by atoms with Gasteiger partial charge in [0.2, 0.25) is 0 Å². The molecule has 0 aromatic rings. The molecule has 1 rings (SSSR count). The maximum absolute atomic E-state index is 9.72. The van der Waals surface area contributed by atoms with E-state index in [0.717, 1.165) is 0 Å². The van der Waals surface area contributed by atoms with Crippen molar-refractivity contribution in [1.82, 2.24) is 0 Å². The van der Waals surface area contributed by atoms with Gasteiger partial charge in [-0.2, -0.15) is 0 Å². The van der Waals surface area contributed by atoms with E-state index in [1.165, 1.54) is 6.92 Å². The third-order valence-corrected chi connectivity index (χ3v) is 2.85. The Morgan fingerprint density at radius 1 is 1.06 bits per heavy atom. The number of ether oxygens (including phenoxy) is 1. The minimum atomic E-state index is -1.49. The fourth-order valence-corrected chi connectivity index (χ4v) is 1.79. The van der Waals surface area contributed by atoms with Gasteiger partial charge in [-0.15, -0.1) is 0 Å². The molecule has 2 unspecified atom stereocenters. The Labute approximate surface area is 94.1 Å². The summed E-state index contributed by atoms with van der Waals surface area (Å²) in [7, 11) is 0. The highest BCUT2D eigenvalue weighted by atomic mass is 16.6. The lowest BCUT2D eigenvalue weighted by Crippen LogP contribution is -2.50. The minimum absolute atomic E-state index is 0.498. The molecule has 0 saturated carbocycles. The molecular formula is C10H20O6. The lowest BCUT2D eigenvalue weighted by Gasteiger charge is -2.34. The first-order valence-corrected chi connectivity index (χ1v) is 5.49. The van der Waals surface area contributed by atoms with Gasteiger partial charge in [-0.05, 0) is 26.2 Å². The molecule has 96 valence electrons. The predicted molar refractivity (Wildman–Crippen MR) is 54.4 cm³/mol. The highest BCUT2D eigenvalue weighted by molar-refractivity contribution is 4.85. The molecule has 6 heteroatoms. The Bertz CT molecular complexity index is 207. The van der Waals surface area contributed by atoms with Crippen molar-refractivity contribution in [3.05, 3.63) is 0 Å². The van der Waals surface area contributed by atoms with Gasteiger partial charge in [0.05, 0.1) is 12.2 Å². The summed E-state index contributed by atoms with van der Waals surface area (Å²) in [6, 6.07) is 0. The van der Waals surface area contributed by atoms with Crippen molar-refractivity contribution in [3.8, 4) is 0 Å². The van der Waals surface area contributed by atoms with Gasteiger partial charge >= 0.3 is 0 Å². The maximum atomic E-state index is 9.72. The van der Waals surface area contributed by atoms with Crippen LogP contribution in [0.5, 0.6) is 0 Å². The molecule has 1 aliphatic rings. The van der Waals surface area contributed by atoms with Crippen LogP contribution in [0.25, 0.3) is 0 Å². The normalized spacial score (nSPS) is 34.1. The van der Waals surface area contributed by atoms with E-state index in [0.29, 0.717) is 19.3 Å². The molecular weight excluding hydrogens is 216 g/mol. The Balaban J connectivity index is 2.52. The summed E-state index contributed by atoms with van der Waals surface area (Å²) in [5.74, 6) is 0. The van der Waals surface area contributed by atoms with Crippen molar-refractivity contribution in [2.75, 3.05) is 0 Å². The van der Waals surface area contributed by atoms with E-state index in [1.807, 2.05) is 0 Å². The van der Waals surface area contributed by atoms with Crippen molar-refractivity contribution in [2.24, 2.45) is 0 Å². The second-order valence-corrected chi connectivity index (χ2v) is 4.27. The summed E-state index contributed by atoms with van der Waals surface area (Å²) < 4.78 is 5.05. The van der Waals surface area contributed by atoms with Crippen LogP contribution >= 0.6 is 0 Å². The summed E-state index contributed by atoms with van der Waals surface area (Å²) in [5, 5.41) is 47.0. The van der Waals surface area contributed by atoms with E-state index in [9.17, 15) is 20.4 Å². The first-order chi connectivity index (χ1) is 7.43. The zero-order valence-electron chi connectivity index (χ0n) is 9.23. The molecule has 1 saturated heterocycles. The van der Waals surface area contributed by atoms with E-state index in [-0.39, 0.29) is 0 Å². The van der Waals surface area contributed by atoms with Crippen LogP contribution in [0.15, 0.2) is 0 Å². The molecule has 6 atom stereocenters. The lowest BCUT2D eigenvalue weighted by atomic mass is 9.95. The van der Waals surface area contributed by atoms with Gasteiger partial charge < -0.3 is 30.3 Å². The fraction of sp³-hybridized carbons (Fsp3) is 1.00. The van der Waals surface area contributed by atoms with Crippen LogP contribution in [-0.4, -0.2) is 62.3 Å². The zero-order chi connectivity index (χ0) is 12.3. The van der Waals surface area contributed by atoms with Gasteiger partial charge in [0, 0.05) is 0 Å². The van der Waals surface area contributed by atoms with Crippen molar-refractivity contribution in [2.45, 2.75) is 63.0 Å². The first-order valence-electron chi connectivity index (χ1n) is 5.49. The van der Waals surface area contributed by atoms with Crippen LogP contribution in [-0.2, 0) is 4.74 Å². The molecule has 0 aromatic heterocycles. The van der Waals surface area contributed by atoms with Crippen LogP contribution < -0.4 is 0 Å². The molecule has 1 fully saturated rings. The SMILES string of the molecule is C[C@H](O)[C@H](O)[C@@H](O)[C@@H](O)C1CCCC(O)O1. The van der Waals surface area contributed by atoms with Gasteiger partial charge in [-0.1, -0.05) is 0 Å². The molecule has 0 bridgehead atoms. The molecule has 0 aliphatic carbocycles. The molecule has 16 heavy (non-hydrogen) atoms. The standard InChI is InChI=1S/C10H20O6/c1-5(11)8(13)10(15)9(14)6-3-2-4-7(12)16-6/h5-15H,2-4H2,1H3/t5-,6?,7?,8-,9-,10+/m0/s1. The summed E-state index contributed by atoms with van der Waals surface area (Å²) in [6.45, 7) is 1.32. The molecule has 1 heterocycles.